The summed E-state index contributed by atoms with van der Waals surface area (Å²) in [6, 6.07) is 0. The zero-order valence-electron chi connectivity index (χ0n) is 27.4. The molecular weight excluding hydrogens is 530 g/mol. The van der Waals surface area contributed by atoms with Gasteiger partial charge >= 0.3 is 0 Å². The van der Waals surface area contributed by atoms with Gasteiger partial charge in [-0.25, -0.2) is 0 Å². The van der Waals surface area contributed by atoms with E-state index in [1.807, 2.05) is 50.5 Å². The highest BCUT2D eigenvalue weighted by Crippen LogP contribution is 2.26. The molecule has 2 rings (SSSR count). The molecule has 0 spiro atoms. The Hall–Kier alpha value is -3.26. The standard InChI is InChI=1S/C18H29N3OS.C12H16N2O.C3H8/c1-7-9-12-13(11-23-14(12)8-2)17(22)21-16(19)10-15(20-6)18(3,4)5;1-9(2)7-11(10(3)15)12-8-13-5-6-14(12)4;1-3-2/h10-11,20H,7-9H2,1-6H3,(H2,19,21,22);5-8H,1-4H3;3H2,1-2H3/b15-10-;12-11+;. The number of thiophene rings is 1. The van der Waals surface area contributed by atoms with Gasteiger partial charge in [0.1, 0.15) is 5.84 Å². The molecule has 1 aromatic rings. The molecule has 1 aliphatic rings. The van der Waals surface area contributed by atoms with Gasteiger partial charge in [-0.05, 0) is 45.3 Å². The summed E-state index contributed by atoms with van der Waals surface area (Å²) in [5, 5.41) is 5.03. The van der Waals surface area contributed by atoms with Crippen molar-refractivity contribution in [3.05, 3.63) is 68.5 Å². The third-order valence-corrected chi connectivity index (χ3v) is 6.85. The summed E-state index contributed by atoms with van der Waals surface area (Å²) < 4.78 is 0. The Morgan fingerprint density at radius 1 is 1.12 bits per heavy atom. The van der Waals surface area contributed by atoms with Crippen molar-refractivity contribution in [2.24, 2.45) is 21.1 Å². The predicted octanol–water partition coefficient (Wildman–Crippen LogP) is 7.61. The van der Waals surface area contributed by atoms with Gasteiger partial charge in [0.15, 0.2) is 5.78 Å². The Labute approximate surface area is 253 Å². The SMILES string of the molecule is CC(=O)/C(C=C(C)C)=C1\C=NC=CN1C.CCC.CCCc1c(C(=O)N=C(N)/C=C(\NC)C(C)(C)C)csc1CC. The number of aryl methyl sites for hydroxylation is 1. The minimum Gasteiger partial charge on any atom is -0.391 e. The fourth-order valence-corrected chi connectivity index (χ4v) is 4.80. The molecule has 0 fully saturated rings. The van der Waals surface area contributed by atoms with Crippen LogP contribution in [0.1, 0.15) is 103 Å². The molecule has 2 heterocycles. The second kappa shape index (κ2) is 19.0. The van der Waals surface area contributed by atoms with E-state index in [-0.39, 0.29) is 22.9 Å². The lowest BCUT2D eigenvalue weighted by Crippen LogP contribution is -2.24. The fraction of sp³-hybridized carbons (Fsp3) is 0.515. The van der Waals surface area contributed by atoms with Crippen LogP contribution in [-0.2, 0) is 17.6 Å². The summed E-state index contributed by atoms with van der Waals surface area (Å²) in [5.41, 5.74) is 11.3. The van der Waals surface area contributed by atoms with Crippen molar-refractivity contribution >= 4 is 35.1 Å². The fourth-order valence-electron chi connectivity index (χ4n) is 3.77. The third-order valence-electron chi connectivity index (χ3n) is 5.67. The van der Waals surface area contributed by atoms with Crippen LogP contribution < -0.4 is 11.1 Å². The van der Waals surface area contributed by atoms with E-state index in [9.17, 15) is 9.59 Å². The van der Waals surface area contributed by atoms with Crippen LogP contribution in [0.2, 0.25) is 0 Å². The molecule has 0 bridgehead atoms. The second-order valence-corrected chi connectivity index (χ2v) is 12.0. The van der Waals surface area contributed by atoms with E-state index in [1.54, 1.807) is 36.8 Å². The highest BCUT2D eigenvalue weighted by Gasteiger charge is 2.18. The number of nitrogens with two attached hydrogens (primary N) is 1. The van der Waals surface area contributed by atoms with Gasteiger partial charge in [-0.15, -0.1) is 11.3 Å². The van der Waals surface area contributed by atoms with Crippen LogP contribution in [0.5, 0.6) is 0 Å². The number of amidine groups is 1. The molecule has 1 aromatic heterocycles. The van der Waals surface area contributed by atoms with E-state index >= 15 is 0 Å². The van der Waals surface area contributed by atoms with Crippen molar-refractivity contribution in [2.75, 3.05) is 14.1 Å². The van der Waals surface area contributed by atoms with Crippen molar-refractivity contribution in [3.63, 3.8) is 0 Å². The molecule has 1 aliphatic heterocycles. The number of allylic oxidation sites excluding steroid dienone is 5. The van der Waals surface area contributed by atoms with Gasteiger partial charge in [-0.1, -0.05) is 73.0 Å². The number of carbonyl (C=O) groups excluding carboxylic acids is 2. The van der Waals surface area contributed by atoms with Crippen molar-refractivity contribution in [1.82, 2.24) is 10.2 Å². The van der Waals surface area contributed by atoms with Crippen LogP contribution in [-0.4, -0.2) is 42.7 Å². The molecule has 0 aromatic carbocycles. The van der Waals surface area contributed by atoms with Crippen LogP contribution in [0.25, 0.3) is 0 Å². The molecular formula is C33H53N5O2S. The van der Waals surface area contributed by atoms with Crippen molar-refractivity contribution in [3.8, 4) is 0 Å². The van der Waals surface area contributed by atoms with Crippen molar-refractivity contribution in [2.45, 2.75) is 94.9 Å². The maximum absolute atomic E-state index is 12.5. The molecule has 0 saturated carbocycles. The number of hydrogen-bond donors (Lipinski definition) is 2. The molecule has 0 atom stereocenters. The van der Waals surface area contributed by atoms with Crippen LogP contribution >= 0.6 is 11.3 Å². The zero-order chi connectivity index (χ0) is 31.8. The molecule has 0 radical (unpaired) electrons. The smallest absolute Gasteiger partial charge is 0.280 e. The predicted molar refractivity (Wildman–Crippen MR) is 179 cm³/mol. The zero-order valence-corrected chi connectivity index (χ0v) is 28.3. The molecule has 228 valence electrons. The number of Topliss-reactive ketones (excluding diaryl/α,β-unsaturated/α-hetero) is 1. The third kappa shape index (κ3) is 13.3. The summed E-state index contributed by atoms with van der Waals surface area (Å²) >= 11 is 1.64. The molecule has 8 heteroatoms. The molecule has 7 nitrogen and oxygen atoms in total. The number of rotatable bonds is 8. The monoisotopic (exact) mass is 583 g/mol. The first-order valence-corrected chi connectivity index (χ1v) is 15.3. The van der Waals surface area contributed by atoms with Gasteiger partial charge in [-0.3, -0.25) is 14.6 Å². The number of hydrogen-bond acceptors (Lipinski definition) is 6. The first-order valence-electron chi connectivity index (χ1n) is 14.4. The topological polar surface area (TPSA) is 100 Å². The van der Waals surface area contributed by atoms with E-state index < -0.39 is 0 Å². The summed E-state index contributed by atoms with van der Waals surface area (Å²) in [6.07, 6.45) is 13.0. The lowest BCUT2D eigenvalue weighted by atomic mass is 9.91. The van der Waals surface area contributed by atoms with E-state index in [4.69, 9.17) is 5.73 Å². The first-order chi connectivity index (χ1) is 19.2. The number of nitrogens with one attached hydrogen (secondary N) is 1. The lowest BCUT2D eigenvalue weighted by Gasteiger charge is -2.22. The summed E-state index contributed by atoms with van der Waals surface area (Å²) in [5.74, 6) is 0.0447. The maximum atomic E-state index is 12.5. The molecule has 3 N–H and O–H groups in total. The highest BCUT2D eigenvalue weighted by atomic mass is 32.1. The number of carbonyl (C=O) groups is 2. The van der Waals surface area contributed by atoms with Gasteiger partial charge in [-0.2, -0.15) is 4.99 Å². The minimum absolute atomic E-state index is 0.0554. The Morgan fingerprint density at radius 3 is 2.17 bits per heavy atom. The Morgan fingerprint density at radius 2 is 1.73 bits per heavy atom. The van der Waals surface area contributed by atoms with Gasteiger partial charge in [0.05, 0.1) is 17.5 Å². The lowest BCUT2D eigenvalue weighted by molar-refractivity contribution is -0.113. The van der Waals surface area contributed by atoms with Crippen molar-refractivity contribution in [1.29, 1.82) is 0 Å². The largest absolute Gasteiger partial charge is 0.391 e. The van der Waals surface area contributed by atoms with E-state index in [2.05, 4.69) is 63.8 Å². The average Bonchev–Trinajstić information content (AvgIpc) is 3.29. The number of aliphatic imine (C=N–C) groups is 2. The van der Waals surface area contributed by atoms with E-state index in [0.717, 1.165) is 41.8 Å². The van der Waals surface area contributed by atoms with Gasteiger partial charge in [0.2, 0.25) is 0 Å². The summed E-state index contributed by atoms with van der Waals surface area (Å²) in [7, 11) is 3.75. The molecule has 0 unspecified atom stereocenters. The van der Waals surface area contributed by atoms with Gasteiger partial charge in [0.25, 0.3) is 5.91 Å². The maximum Gasteiger partial charge on any atom is 0.280 e. The molecule has 0 aliphatic carbocycles. The van der Waals surface area contributed by atoms with E-state index in [0.29, 0.717) is 11.1 Å². The van der Waals surface area contributed by atoms with Crippen LogP contribution in [0.3, 0.4) is 0 Å². The minimum atomic E-state index is -0.248. The van der Waals surface area contributed by atoms with Gasteiger partial charge in [0, 0.05) is 53.4 Å². The van der Waals surface area contributed by atoms with E-state index in [1.165, 1.54) is 11.3 Å². The average molecular weight is 584 g/mol. The number of ketones is 1. The van der Waals surface area contributed by atoms with Crippen molar-refractivity contribution < 1.29 is 9.59 Å². The number of nitrogens with zero attached hydrogens (tertiary/aromatic N) is 3. The molecule has 41 heavy (non-hydrogen) atoms. The molecule has 1 amide bonds. The molecule has 0 saturated heterocycles. The first kappa shape index (κ1) is 37.7. The Bertz CT molecular complexity index is 1190. The van der Waals surface area contributed by atoms with Crippen LogP contribution in [0.4, 0.5) is 0 Å². The summed E-state index contributed by atoms with van der Waals surface area (Å²) in [6.45, 7) is 20.2. The summed E-state index contributed by atoms with van der Waals surface area (Å²) in [4.78, 5) is 35.3. The van der Waals surface area contributed by atoms with Crippen LogP contribution in [0.15, 0.2) is 62.5 Å². The Kier molecular flexibility index (Phi) is 17.5. The quantitative estimate of drug-likeness (QED) is 0.186. The highest BCUT2D eigenvalue weighted by molar-refractivity contribution is 7.10. The second-order valence-electron chi connectivity index (χ2n) is 11.0. The number of amides is 1. The normalized spacial score (nSPS) is 14.4. The Balaban J connectivity index is 0.000000763. The van der Waals surface area contributed by atoms with Gasteiger partial charge < -0.3 is 16.0 Å². The van der Waals surface area contributed by atoms with Crippen LogP contribution in [0, 0.1) is 5.41 Å².